The molecule has 4 nitrogen and oxygen atoms in total. The molecule has 3 aromatic heterocycles. The number of rotatable bonds is 4. The van der Waals surface area contributed by atoms with Crippen LogP contribution in [0.25, 0.3) is 15.9 Å². The average molecular weight is 413 g/mol. The van der Waals surface area contributed by atoms with Crippen LogP contribution in [-0.2, 0) is 18.6 Å². The Kier molecular flexibility index (Phi) is 4.61. The molecular formula is C20H20N4S3. The summed E-state index contributed by atoms with van der Waals surface area (Å²) in [7, 11) is 0. The van der Waals surface area contributed by atoms with Crippen molar-refractivity contribution in [3.8, 4) is 0 Å². The van der Waals surface area contributed by atoms with Crippen molar-refractivity contribution in [2.75, 3.05) is 6.26 Å². The fourth-order valence-corrected chi connectivity index (χ4v) is 6.66. The number of thiophene rings is 1. The standard InChI is InChI=1S/C20H20N4S3/c1-12-8-9-14-15(10-12)27-18-16(14)17-22-23-20(24(17)19(21-18)25-2)26-11-13-6-4-3-5-7-13/h3-7,12H,8-11H2,1-2H3/t12-/m0/s1. The highest BCUT2D eigenvalue weighted by Crippen LogP contribution is 2.40. The van der Waals surface area contributed by atoms with Gasteiger partial charge in [0.15, 0.2) is 16.0 Å². The minimum atomic E-state index is 0.761. The Morgan fingerprint density at radius 3 is 2.85 bits per heavy atom. The van der Waals surface area contributed by atoms with E-state index in [9.17, 15) is 0 Å². The van der Waals surface area contributed by atoms with Crippen molar-refractivity contribution in [3.05, 3.63) is 46.3 Å². The fraction of sp³-hybridized carbons (Fsp3) is 0.350. The smallest absolute Gasteiger partial charge is 0.198 e. The largest absolute Gasteiger partial charge is 0.248 e. The Bertz CT molecular complexity index is 1120. The van der Waals surface area contributed by atoms with Gasteiger partial charge in [-0.15, -0.1) is 21.5 Å². The molecule has 0 radical (unpaired) electrons. The van der Waals surface area contributed by atoms with E-state index >= 15 is 0 Å². The first-order valence-electron chi connectivity index (χ1n) is 9.14. The number of benzene rings is 1. The molecule has 1 aliphatic rings. The van der Waals surface area contributed by atoms with Gasteiger partial charge >= 0.3 is 0 Å². The van der Waals surface area contributed by atoms with Gasteiger partial charge in [0.25, 0.3) is 0 Å². The summed E-state index contributed by atoms with van der Waals surface area (Å²) in [5.41, 5.74) is 3.73. The Labute approximate surface area is 170 Å². The zero-order valence-electron chi connectivity index (χ0n) is 15.3. The van der Waals surface area contributed by atoms with Gasteiger partial charge in [0, 0.05) is 10.6 Å². The maximum atomic E-state index is 4.99. The van der Waals surface area contributed by atoms with Gasteiger partial charge in [-0.2, -0.15) is 0 Å². The van der Waals surface area contributed by atoms with Gasteiger partial charge in [-0.05, 0) is 42.6 Å². The predicted octanol–water partition coefficient (Wildman–Crippen LogP) is 5.48. The lowest BCUT2D eigenvalue weighted by atomic mass is 9.89. The molecule has 138 valence electrons. The normalized spacial score (nSPS) is 16.9. The van der Waals surface area contributed by atoms with Crippen molar-refractivity contribution in [2.45, 2.75) is 42.3 Å². The van der Waals surface area contributed by atoms with Crippen LogP contribution < -0.4 is 0 Å². The van der Waals surface area contributed by atoms with Gasteiger partial charge in [0.1, 0.15) is 4.83 Å². The third-order valence-electron chi connectivity index (χ3n) is 5.13. The number of hydrogen-bond acceptors (Lipinski definition) is 6. The van der Waals surface area contributed by atoms with Gasteiger partial charge in [-0.25, -0.2) is 9.38 Å². The van der Waals surface area contributed by atoms with Gasteiger partial charge in [-0.3, -0.25) is 0 Å². The van der Waals surface area contributed by atoms with Crippen molar-refractivity contribution in [3.63, 3.8) is 0 Å². The van der Waals surface area contributed by atoms with Crippen molar-refractivity contribution >= 4 is 50.7 Å². The van der Waals surface area contributed by atoms with Crippen molar-refractivity contribution in [2.24, 2.45) is 5.92 Å². The van der Waals surface area contributed by atoms with Crippen LogP contribution in [0.5, 0.6) is 0 Å². The molecule has 0 N–H and O–H groups in total. The quantitative estimate of drug-likeness (QED) is 0.328. The van der Waals surface area contributed by atoms with Gasteiger partial charge < -0.3 is 0 Å². The van der Waals surface area contributed by atoms with Crippen LogP contribution in [0, 0.1) is 5.92 Å². The zero-order valence-corrected chi connectivity index (χ0v) is 17.8. The first-order chi connectivity index (χ1) is 13.2. The van der Waals surface area contributed by atoms with E-state index in [0.29, 0.717) is 0 Å². The SMILES string of the molecule is CSc1nc2sc3c(c2c2nnc(SCc4ccccc4)n12)CC[C@H](C)C3. The second kappa shape index (κ2) is 7.11. The molecule has 0 saturated heterocycles. The maximum absolute atomic E-state index is 4.99. The fourth-order valence-electron chi connectivity index (χ4n) is 3.74. The number of nitrogens with zero attached hydrogens (tertiary/aromatic N) is 4. The molecule has 0 aliphatic heterocycles. The van der Waals surface area contributed by atoms with Crippen LogP contribution in [0.4, 0.5) is 0 Å². The molecule has 5 rings (SSSR count). The molecule has 0 bridgehead atoms. The third-order valence-corrected chi connectivity index (χ3v) is 7.92. The predicted molar refractivity (Wildman–Crippen MR) is 115 cm³/mol. The lowest BCUT2D eigenvalue weighted by molar-refractivity contribution is 0.509. The van der Waals surface area contributed by atoms with E-state index in [0.717, 1.165) is 38.9 Å². The van der Waals surface area contributed by atoms with Crippen LogP contribution >= 0.6 is 34.9 Å². The molecule has 1 aliphatic carbocycles. The molecule has 0 saturated carbocycles. The second-order valence-electron chi connectivity index (χ2n) is 7.05. The summed E-state index contributed by atoms with van der Waals surface area (Å²) in [5.74, 6) is 1.64. The summed E-state index contributed by atoms with van der Waals surface area (Å²) in [6.07, 6.45) is 5.63. The van der Waals surface area contributed by atoms with Crippen LogP contribution in [-0.4, -0.2) is 25.8 Å². The maximum Gasteiger partial charge on any atom is 0.198 e. The molecule has 4 aromatic rings. The van der Waals surface area contributed by atoms with Crippen molar-refractivity contribution < 1.29 is 0 Å². The minimum Gasteiger partial charge on any atom is -0.248 e. The Hall–Kier alpha value is -1.57. The highest BCUT2D eigenvalue weighted by molar-refractivity contribution is 7.99. The number of hydrogen-bond donors (Lipinski definition) is 0. The zero-order chi connectivity index (χ0) is 18.4. The Morgan fingerprint density at radius 2 is 2.04 bits per heavy atom. The Balaban J connectivity index is 1.63. The highest BCUT2D eigenvalue weighted by Gasteiger charge is 2.25. The van der Waals surface area contributed by atoms with E-state index in [4.69, 9.17) is 4.98 Å². The lowest BCUT2D eigenvalue weighted by Crippen LogP contribution is -2.08. The van der Waals surface area contributed by atoms with Crippen molar-refractivity contribution in [1.82, 2.24) is 19.6 Å². The topological polar surface area (TPSA) is 43.1 Å². The van der Waals surface area contributed by atoms with Crippen LogP contribution in [0.3, 0.4) is 0 Å². The molecule has 27 heavy (non-hydrogen) atoms. The van der Waals surface area contributed by atoms with E-state index in [-0.39, 0.29) is 0 Å². The van der Waals surface area contributed by atoms with E-state index in [1.54, 1.807) is 23.5 Å². The highest BCUT2D eigenvalue weighted by atomic mass is 32.2. The number of aromatic nitrogens is 4. The summed E-state index contributed by atoms with van der Waals surface area (Å²) in [6, 6.07) is 10.5. The first-order valence-corrected chi connectivity index (χ1v) is 12.2. The van der Waals surface area contributed by atoms with Crippen molar-refractivity contribution in [1.29, 1.82) is 0 Å². The minimum absolute atomic E-state index is 0.761. The summed E-state index contributed by atoms with van der Waals surface area (Å²) in [4.78, 5) is 7.61. The molecular weight excluding hydrogens is 392 g/mol. The number of thioether (sulfide) groups is 2. The van der Waals surface area contributed by atoms with Gasteiger partial charge in [0.05, 0.1) is 5.39 Å². The molecule has 3 heterocycles. The van der Waals surface area contributed by atoms with Gasteiger partial charge in [-0.1, -0.05) is 60.8 Å². The van der Waals surface area contributed by atoms with E-state index in [1.165, 1.54) is 34.2 Å². The van der Waals surface area contributed by atoms with Crippen LogP contribution in [0.1, 0.15) is 29.3 Å². The van der Waals surface area contributed by atoms with E-state index < -0.39 is 0 Å². The molecule has 1 atom stereocenters. The molecule has 0 unspecified atom stereocenters. The number of fused-ring (bicyclic) bond motifs is 5. The van der Waals surface area contributed by atoms with Gasteiger partial charge in [0.2, 0.25) is 0 Å². The first kappa shape index (κ1) is 17.5. The molecule has 1 aromatic carbocycles. The molecule has 0 spiro atoms. The summed E-state index contributed by atoms with van der Waals surface area (Å²) in [6.45, 7) is 2.35. The lowest BCUT2D eigenvalue weighted by Gasteiger charge is -2.17. The molecule has 0 amide bonds. The summed E-state index contributed by atoms with van der Waals surface area (Å²) < 4.78 is 2.16. The van der Waals surface area contributed by atoms with E-state index in [2.05, 4.69) is 52.0 Å². The number of aryl methyl sites for hydroxylation is 1. The third kappa shape index (κ3) is 3.05. The molecule has 0 fully saturated rings. The van der Waals surface area contributed by atoms with Crippen LogP contribution in [0.15, 0.2) is 40.6 Å². The monoisotopic (exact) mass is 412 g/mol. The summed E-state index contributed by atoms with van der Waals surface area (Å²) >= 11 is 5.25. The average Bonchev–Trinajstić information content (AvgIpc) is 3.26. The Morgan fingerprint density at radius 1 is 1.19 bits per heavy atom. The summed E-state index contributed by atoms with van der Waals surface area (Å²) in [5, 5.41) is 12.3. The second-order valence-corrected chi connectivity index (χ2v) is 9.85. The van der Waals surface area contributed by atoms with E-state index in [1.807, 2.05) is 17.4 Å². The molecule has 7 heteroatoms. The van der Waals surface area contributed by atoms with Crippen LogP contribution in [0.2, 0.25) is 0 Å².